The molecule has 2 heteroatoms. The molecule has 0 amide bonds. The predicted molar refractivity (Wildman–Crippen MR) is 175 cm³/mol. The van der Waals surface area contributed by atoms with Crippen LogP contribution in [0.5, 0.6) is 0 Å². The monoisotopic (exact) mass is 536 g/mol. The van der Waals surface area contributed by atoms with E-state index in [1.807, 2.05) is 24.3 Å². The van der Waals surface area contributed by atoms with Crippen LogP contribution < -0.4 is 0 Å². The highest BCUT2D eigenvalue weighted by atomic mass is 16.4. The Bertz CT molecular complexity index is 2400. The molecule has 7 aromatic carbocycles. The predicted octanol–water partition coefficient (Wildman–Crippen LogP) is 11.6. The van der Waals surface area contributed by atoms with Crippen LogP contribution >= 0.6 is 0 Å². The average molecular weight is 537 g/mol. The molecule has 2 aromatic heterocycles. The zero-order chi connectivity index (χ0) is 27.6. The summed E-state index contributed by atoms with van der Waals surface area (Å²) in [5, 5.41) is 6.86. The first-order valence-corrected chi connectivity index (χ1v) is 14.3. The lowest BCUT2D eigenvalue weighted by Crippen LogP contribution is -1.91. The van der Waals surface area contributed by atoms with Crippen LogP contribution in [-0.2, 0) is 0 Å². The van der Waals surface area contributed by atoms with E-state index in [4.69, 9.17) is 8.83 Å². The van der Waals surface area contributed by atoms with Gasteiger partial charge in [-0.05, 0) is 79.2 Å². The van der Waals surface area contributed by atoms with Gasteiger partial charge in [0.25, 0.3) is 0 Å². The SMILES string of the molecule is c1ccc(-c2cccc(-c3c4ccccc4c(-c4cccc5oc6c7ccccc7oc6c45)c4ccccc34)c2)cc1. The Kier molecular flexibility index (Phi) is 4.93. The molecule has 2 nitrogen and oxygen atoms in total. The van der Waals surface area contributed by atoms with Gasteiger partial charge in [-0.1, -0.05) is 121 Å². The maximum Gasteiger partial charge on any atom is 0.182 e. The first-order valence-electron chi connectivity index (χ1n) is 14.3. The molecule has 0 saturated heterocycles. The molecule has 0 saturated carbocycles. The molecule has 2 heterocycles. The summed E-state index contributed by atoms with van der Waals surface area (Å²) in [5.74, 6) is 0. The van der Waals surface area contributed by atoms with E-state index in [1.54, 1.807) is 0 Å². The molecular weight excluding hydrogens is 512 g/mol. The van der Waals surface area contributed by atoms with Gasteiger partial charge in [0, 0.05) is 0 Å². The van der Waals surface area contributed by atoms with Crippen LogP contribution in [0.25, 0.3) is 88.0 Å². The molecule has 0 atom stereocenters. The summed E-state index contributed by atoms with van der Waals surface area (Å²) in [7, 11) is 0. The van der Waals surface area contributed by atoms with Crippen molar-refractivity contribution in [2.45, 2.75) is 0 Å². The molecule has 0 bridgehead atoms. The summed E-state index contributed by atoms with van der Waals surface area (Å²) in [6.07, 6.45) is 0. The van der Waals surface area contributed by atoms with E-state index in [1.165, 1.54) is 49.4 Å². The minimum Gasteiger partial charge on any atom is -0.452 e. The lowest BCUT2D eigenvalue weighted by Gasteiger charge is -2.18. The van der Waals surface area contributed by atoms with Crippen LogP contribution in [0.4, 0.5) is 0 Å². The van der Waals surface area contributed by atoms with Crippen LogP contribution in [0, 0.1) is 0 Å². The van der Waals surface area contributed by atoms with E-state index < -0.39 is 0 Å². The lowest BCUT2D eigenvalue weighted by atomic mass is 9.84. The standard InChI is InChI=1S/C40H24O2/c1-2-12-25(13-3-1)26-14-10-15-27(24-26)36-28-16-4-6-18-30(28)37(31-19-7-5-17-29(31)36)33-21-11-23-35-38(33)40-39(42-35)32-20-8-9-22-34(32)41-40/h1-24H. The smallest absolute Gasteiger partial charge is 0.182 e. The fourth-order valence-corrected chi connectivity index (χ4v) is 6.67. The Morgan fingerprint density at radius 2 is 0.857 bits per heavy atom. The van der Waals surface area contributed by atoms with Gasteiger partial charge >= 0.3 is 0 Å². The summed E-state index contributed by atoms with van der Waals surface area (Å²) in [6, 6.07) is 51.5. The van der Waals surface area contributed by atoms with Gasteiger partial charge in [-0.2, -0.15) is 0 Å². The van der Waals surface area contributed by atoms with Gasteiger partial charge < -0.3 is 8.83 Å². The molecule has 0 spiro atoms. The third kappa shape index (κ3) is 3.33. The molecule has 0 aliphatic rings. The number of rotatable bonds is 3. The molecule has 0 radical (unpaired) electrons. The number of para-hydroxylation sites is 1. The van der Waals surface area contributed by atoms with E-state index in [2.05, 4.69) is 121 Å². The molecule has 0 aliphatic heterocycles. The maximum absolute atomic E-state index is 6.45. The highest BCUT2D eigenvalue weighted by molar-refractivity contribution is 6.26. The van der Waals surface area contributed by atoms with Gasteiger partial charge in [-0.25, -0.2) is 0 Å². The van der Waals surface area contributed by atoms with E-state index in [0.29, 0.717) is 0 Å². The van der Waals surface area contributed by atoms with Crippen molar-refractivity contribution in [2.24, 2.45) is 0 Å². The Balaban J connectivity index is 1.39. The summed E-state index contributed by atoms with van der Waals surface area (Å²) in [5.41, 5.74) is 10.5. The number of fused-ring (bicyclic) bond motifs is 7. The van der Waals surface area contributed by atoms with Crippen LogP contribution in [0.2, 0.25) is 0 Å². The molecule has 0 fully saturated rings. The summed E-state index contributed by atoms with van der Waals surface area (Å²) in [6.45, 7) is 0. The highest BCUT2D eigenvalue weighted by Gasteiger charge is 2.22. The fourth-order valence-electron chi connectivity index (χ4n) is 6.67. The van der Waals surface area contributed by atoms with Crippen molar-refractivity contribution in [3.05, 3.63) is 146 Å². The average Bonchev–Trinajstić information content (AvgIpc) is 3.60. The molecule has 9 aromatic rings. The number of benzene rings is 7. The zero-order valence-corrected chi connectivity index (χ0v) is 22.7. The maximum atomic E-state index is 6.45. The Morgan fingerprint density at radius 1 is 0.333 bits per heavy atom. The van der Waals surface area contributed by atoms with E-state index in [0.717, 1.165) is 38.7 Å². The van der Waals surface area contributed by atoms with Gasteiger partial charge in [-0.15, -0.1) is 0 Å². The number of furan rings is 2. The minimum atomic E-state index is 0.801. The third-order valence-electron chi connectivity index (χ3n) is 8.47. The Labute approximate surface area is 242 Å². The summed E-state index contributed by atoms with van der Waals surface area (Å²) in [4.78, 5) is 0. The molecular formula is C40H24O2. The molecule has 196 valence electrons. The van der Waals surface area contributed by atoms with Crippen molar-refractivity contribution in [1.82, 2.24) is 0 Å². The lowest BCUT2D eigenvalue weighted by molar-refractivity contribution is 0.653. The van der Waals surface area contributed by atoms with Crippen molar-refractivity contribution < 1.29 is 8.83 Å². The number of hydrogen-bond acceptors (Lipinski definition) is 2. The molecule has 0 aliphatic carbocycles. The second kappa shape index (κ2) is 8.95. The fraction of sp³-hybridized carbons (Fsp3) is 0. The highest BCUT2D eigenvalue weighted by Crippen LogP contribution is 2.48. The number of hydrogen-bond donors (Lipinski definition) is 0. The van der Waals surface area contributed by atoms with Crippen LogP contribution in [-0.4, -0.2) is 0 Å². The molecule has 0 N–H and O–H groups in total. The van der Waals surface area contributed by atoms with Crippen LogP contribution in [0.3, 0.4) is 0 Å². The summed E-state index contributed by atoms with van der Waals surface area (Å²) < 4.78 is 12.9. The third-order valence-corrected chi connectivity index (χ3v) is 8.47. The first kappa shape index (κ1) is 23.1. The van der Waals surface area contributed by atoms with Crippen molar-refractivity contribution in [3.63, 3.8) is 0 Å². The van der Waals surface area contributed by atoms with Crippen molar-refractivity contribution in [2.75, 3.05) is 0 Å². The summed E-state index contributed by atoms with van der Waals surface area (Å²) >= 11 is 0. The normalized spacial score (nSPS) is 11.8. The molecule has 42 heavy (non-hydrogen) atoms. The first-order chi connectivity index (χ1) is 20.8. The van der Waals surface area contributed by atoms with Crippen molar-refractivity contribution in [1.29, 1.82) is 0 Å². The largest absolute Gasteiger partial charge is 0.452 e. The van der Waals surface area contributed by atoms with Gasteiger partial charge in [-0.3, -0.25) is 0 Å². The second-order valence-electron chi connectivity index (χ2n) is 10.8. The Hall–Kier alpha value is -5.60. The quantitative estimate of drug-likeness (QED) is 0.210. The zero-order valence-electron chi connectivity index (χ0n) is 22.7. The van der Waals surface area contributed by atoms with E-state index in [9.17, 15) is 0 Å². The van der Waals surface area contributed by atoms with Crippen molar-refractivity contribution in [3.8, 4) is 33.4 Å². The van der Waals surface area contributed by atoms with Crippen molar-refractivity contribution >= 4 is 54.6 Å². The minimum absolute atomic E-state index is 0.801. The second-order valence-corrected chi connectivity index (χ2v) is 10.8. The van der Waals surface area contributed by atoms with Crippen LogP contribution in [0.15, 0.2) is 154 Å². The Morgan fingerprint density at radius 3 is 1.60 bits per heavy atom. The van der Waals surface area contributed by atoms with Gasteiger partial charge in [0.1, 0.15) is 11.2 Å². The van der Waals surface area contributed by atoms with Gasteiger partial charge in [0.15, 0.2) is 11.2 Å². The molecule has 9 rings (SSSR count). The van der Waals surface area contributed by atoms with Gasteiger partial charge in [0.05, 0.1) is 10.8 Å². The topological polar surface area (TPSA) is 26.3 Å². The molecule has 0 unspecified atom stereocenters. The van der Waals surface area contributed by atoms with E-state index in [-0.39, 0.29) is 0 Å². The van der Waals surface area contributed by atoms with Crippen LogP contribution in [0.1, 0.15) is 0 Å². The van der Waals surface area contributed by atoms with E-state index >= 15 is 0 Å². The van der Waals surface area contributed by atoms with Gasteiger partial charge in [0.2, 0.25) is 0 Å².